The van der Waals surface area contributed by atoms with Crippen LogP contribution in [-0.2, 0) is 6.42 Å². The molecule has 0 saturated carbocycles. The molecule has 4 aromatic carbocycles. The van der Waals surface area contributed by atoms with Crippen molar-refractivity contribution < 1.29 is 14.3 Å². The predicted molar refractivity (Wildman–Crippen MR) is 137 cm³/mol. The van der Waals surface area contributed by atoms with Crippen LogP contribution in [0.4, 0.5) is 0 Å². The van der Waals surface area contributed by atoms with E-state index in [9.17, 15) is 9.59 Å². The van der Waals surface area contributed by atoms with Crippen molar-refractivity contribution in [1.29, 1.82) is 0 Å². The molecule has 0 aliphatic rings. The first-order valence-electron chi connectivity index (χ1n) is 11.4. The molecule has 0 amide bonds. The summed E-state index contributed by atoms with van der Waals surface area (Å²) in [5, 5.41) is 0. The van der Waals surface area contributed by atoms with Crippen LogP contribution in [0.15, 0.2) is 110 Å². The van der Waals surface area contributed by atoms with Gasteiger partial charge in [0.1, 0.15) is 5.75 Å². The molecule has 0 spiro atoms. The van der Waals surface area contributed by atoms with E-state index >= 15 is 0 Å². The van der Waals surface area contributed by atoms with Crippen molar-refractivity contribution in [2.75, 3.05) is 0 Å². The van der Waals surface area contributed by atoms with Gasteiger partial charge in [-0.3, -0.25) is 4.79 Å². The van der Waals surface area contributed by atoms with Gasteiger partial charge in [-0.1, -0.05) is 80.6 Å². The summed E-state index contributed by atoms with van der Waals surface area (Å²) < 4.78 is 5.43. The van der Waals surface area contributed by atoms with Crippen molar-refractivity contribution in [3.63, 3.8) is 0 Å². The minimum absolute atomic E-state index is 0.175. The number of hydrogen-bond acceptors (Lipinski definition) is 3. The first kappa shape index (κ1) is 22.9. The maximum absolute atomic E-state index is 12.5. The number of hydrogen-bond donors (Lipinski definition) is 0. The Morgan fingerprint density at radius 3 is 1.59 bits per heavy atom. The number of carbonyl (C=O) groups excluding carboxylic acids is 2. The van der Waals surface area contributed by atoms with E-state index in [2.05, 4.69) is 62.0 Å². The van der Waals surface area contributed by atoms with Crippen LogP contribution in [0.1, 0.15) is 39.6 Å². The molecule has 0 heterocycles. The Morgan fingerprint density at radius 2 is 1.12 bits per heavy atom. The number of ether oxygens (including phenoxy) is 1. The van der Waals surface area contributed by atoms with Crippen molar-refractivity contribution in [1.82, 2.24) is 0 Å². The number of ketones is 1. The van der Waals surface area contributed by atoms with Crippen LogP contribution in [0, 0.1) is 0 Å². The summed E-state index contributed by atoms with van der Waals surface area (Å²) in [5.74, 6) is -0.240. The second-order valence-corrected chi connectivity index (χ2v) is 8.08. The highest BCUT2D eigenvalue weighted by Crippen LogP contribution is 2.26. The molecule has 34 heavy (non-hydrogen) atoms. The van der Waals surface area contributed by atoms with Gasteiger partial charge in [0.2, 0.25) is 0 Å². The predicted octanol–water partition coefficient (Wildman–Crippen LogP) is 7.56. The zero-order valence-electron chi connectivity index (χ0n) is 19.2. The van der Waals surface area contributed by atoms with Gasteiger partial charge in [-0.25, -0.2) is 4.79 Å². The smallest absolute Gasteiger partial charge is 0.343 e. The molecule has 0 unspecified atom stereocenters. The summed E-state index contributed by atoms with van der Waals surface area (Å²) in [7, 11) is 0. The average molecular weight is 447 g/mol. The zero-order valence-corrected chi connectivity index (χ0v) is 19.2. The SMILES string of the molecule is C=CC(=O)c1ccc(OC(=O)c2ccc(-c3ccc(-c4ccc(CCC)cc4)cc3)cc2)cc1. The van der Waals surface area contributed by atoms with E-state index in [1.54, 1.807) is 36.4 Å². The fourth-order valence-corrected chi connectivity index (χ4v) is 3.78. The first-order valence-corrected chi connectivity index (χ1v) is 11.4. The largest absolute Gasteiger partial charge is 0.423 e. The van der Waals surface area contributed by atoms with Crippen LogP contribution in [0.25, 0.3) is 22.3 Å². The fourth-order valence-electron chi connectivity index (χ4n) is 3.78. The van der Waals surface area contributed by atoms with E-state index in [0.29, 0.717) is 16.9 Å². The summed E-state index contributed by atoms with van der Waals surface area (Å²) >= 11 is 0. The lowest BCUT2D eigenvalue weighted by Crippen LogP contribution is -2.08. The Labute approximate surface area is 200 Å². The van der Waals surface area contributed by atoms with E-state index < -0.39 is 5.97 Å². The molecule has 168 valence electrons. The topological polar surface area (TPSA) is 43.4 Å². The van der Waals surface area contributed by atoms with Crippen LogP contribution >= 0.6 is 0 Å². The van der Waals surface area contributed by atoms with Gasteiger partial charge in [0, 0.05) is 5.56 Å². The lowest BCUT2D eigenvalue weighted by Gasteiger charge is -2.08. The molecule has 4 aromatic rings. The first-order chi connectivity index (χ1) is 16.6. The number of benzene rings is 4. The van der Waals surface area contributed by atoms with E-state index in [4.69, 9.17) is 4.74 Å². The molecule has 4 rings (SSSR count). The van der Waals surface area contributed by atoms with Crippen molar-refractivity contribution in [3.05, 3.63) is 126 Å². The van der Waals surface area contributed by atoms with Crippen LogP contribution < -0.4 is 4.74 Å². The Morgan fingerprint density at radius 1 is 0.676 bits per heavy atom. The summed E-state index contributed by atoms with van der Waals surface area (Å²) in [5.41, 5.74) is 6.79. The van der Waals surface area contributed by atoms with Crippen LogP contribution in [0.5, 0.6) is 5.75 Å². The maximum atomic E-state index is 12.5. The number of esters is 1. The Kier molecular flexibility index (Phi) is 7.14. The van der Waals surface area contributed by atoms with E-state index in [1.165, 1.54) is 22.8 Å². The third-order valence-electron chi connectivity index (χ3n) is 5.70. The van der Waals surface area contributed by atoms with Crippen molar-refractivity contribution in [3.8, 4) is 28.0 Å². The Balaban J connectivity index is 1.42. The molecular formula is C31H26O3. The molecule has 0 fully saturated rings. The number of rotatable bonds is 8. The van der Waals surface area contributed by atoms with E-state index in [0.717, 1.165) is 24.0 Å². The maximum Gasteiger partial charge on any atom is 0.343 e. The lowest BCUT2D eigenvalue weighted by atomic mass is 9.98. The Hall–Kier alpha value is -4.24. The second-order valence-electron chi connectivity index (χ2n) is 8.08. The minimum Gasteiger partial charge on any atom is -0.423 e. The molecule has 0 bridgehead atoms. The molecule has 3 nitrogen and oxygen atoms in total. The van der Waals surface area contributed by atoms with Gasteiger partial charge in [0.05, 0.1) is 5.56 Å². The molecule has 3 heteroatoms. The molecule has 0 aliphatic heterocycles. The Bertz CT molecular complexity index is 1280. The summed E-state index contributed by atoms with van der Waals surface area (Å²) in [6, 6.07) is 30.9. The van der Waals surface area contributed by atoms with Crippen LogP contribution in [0.2, 0.25) is 0 Å². The molecule has 0 radical (unpaired) electrons. The standard InChI is InChI=1S/C31H26O3/c1-3-5-22-6-8-23(9-7-22)24-10-12-25(13-11-24)26-14-16-28(17-15-26)31(33)34-29-20-18-27(19-21-29)30(32)4-2/h4,6-21H,2-3,5H2,1H3. The van der Waals surface area contributed by atoms with Gasteiger partial charge in [-0.05, 0) is 76.7 Å². The van der Waals surface area contributed by atoms with Gasteiger partial charge < -0.3 is 4.74 Å². The number of carbonyl (C=O) groups is 2. The van der Waals surface area contributed by atoms with E-state index in [1.807, 2.05) is 12.1 Å². The van der Waals surface area contributed by atoms with Gasteiger partial charge in [0.15, 0.2) is 5.78 Å². The molecular weight excluding hydrogens is 420 g/mol. The van der Waals surface area contributed by atoms with Gasteiger partial charge in [-0.15, -0.1) is 0 Å². The van der Waals surface area contributed by atoms with Crippen LogP contribution in [0.3, 0.4) is 0 Å². The zero-order chi connectivity index (χ0) is 23.9. The van der Waals surface area contributed by atoms with Crippen molar-refractivity contribution in [2.24, 2.45) is 0 Å². The molecule has 0 atom stereocenters. The summed E-state index contributed by atoms with van der Waals surface area (Å²) in [6.45, 7) is 5.66. The molecule has 0 aliphatic carbocycles. The van der Waals surface area contributed by atoms with Crippen molar-refractivity contribution >= 4 is 11.8 Å². The summed E-state index contributed by atoms with van der Waals surface area (Å²) in [4.78, 5) is 24.1. The highest BCUT2D eigenvalue weighted by molar-refractivity contribution is 6.04. The quantitative estimate of drug-likeness (QED) is 0.121. The van der Waals surface area contributed by atoms with Crippen molar-refractivity contribution in [2.45, 2.75) is 19.8 Å². The molecule has 0 saturated heterocycles. The lowest BCUT2D eigenvalue weighted by molar-refractivity contribution is 0.0734. The third kappa shape index (κ3) is 5.38. The molecule has 0 N–H and O–H groups in total. The number of allylic oxidation sites excluding steroid dienone is 1. The van der Waals surface area contributed by atoms with Crippen LogP contribution in [-0.4, -0.2) is 11.8 Å². The third-order valence-corrected chi connectivity index (χ3v) is 5.70. The fraction of sp³-hybridized carbons (Fsp3) is 0.0968. The highest BCUT2D eigenvalue weighted by Gasteiger charge is 2.10. The van der Waals surface area contributed by atoms with Gasteiger partial charge in [-0.2, -0.15) is 0 Å². The minimum atomic E-state index is -0.448. The van der Waals surface area contributed by atoms with E-state index in [-0.39, 0.29) is 5.78 Å². The van der Waals surface area contributed by atoms with Gasteiger partial charge >= 0.3 is 5.97 Å². The number of aryl methyl sites for hydroxylation is 1. The summed E-state index contributed by atoms with van der Waals surface area (Å²) in [6.07, 6.45) is 3.50. The van der Waals surface area contributed by atoms with Gasteiger partial charge in [0.25, 0.3) is 0 Å². The average Bonchev–Trinajstić information content (AvgIpc) is 2.89. The normalized spacial score (nSPS) is 10.5. The molecule has 0 aromatic heterocycles. The monoisotopic (exact) mass is 446 g/mol. The second kappa shape index (κ2) is 10.6. The highest BCUT2D eigenvalue weighted by atomic mass is 16.5.